The van der Waals surface area contributed by atoms with Gasteiger partial charge in [-0.3, -0.25) is 9.59 Å². The first-order chi connectivity index (χ1) is 16.2. The Morgan fingerprint density at radius 1 is 1.09 bits per heavy atom. The van der Waals surface area contributed by atoms with Crippen molar-refractivity contribution in [3.63, 3.8) is 0 Å². The fourth-order valence-electron chi connectivity index (χ4n) is 3.31. The molecule has 2 N–H and O–H groups in total. The molecule has 1 atom stereocenters. The van der Waals surface area contributed by atoms with Crippen molar-refractivity contribution in [2.75, 3.05) is 11.1 Å². The highest BCUT2D eigenvalue weighted by atomic mass is 35.5. The van der Waals surface area contributed by atoms with Crippen molar-refractivity contribution >= 4 is 52.5 Å². The van der Waals surface area contributed by atoms with E-state index in [4.69, 9.17) is 23.2 Å². The summed E-state index contributed by atoms with van der Waals surface area (Å²) in [6, 6.07) is 12.1. The van der Waals surface area contributed by atoms with E-state index >= 15 is 0 Å². The van der Waals surface area contributed by atoms with E-state index in [1.165, 1.54) is 11.8 Å². The van der Waals surface area contributed by atoms with Gasteiger partial charge in [0, 0.05) is 12.1 Å². The first kappa shape index (κ1) is 26.1. The van der Waals surface area contributed by atoms with Crippen LogP contribution < -0.4 is 10.6 Å². The summed E-state index contributed by atoms with van der Waals surface area (Å²) >= 11 is 13.4. The van der Waals surface area contributed by atoms with E-state index in [1.54, 1.807) is 30.3 Å². The Bertz CT molecular complexity index is 1160. The second kappa shape index (κ2) is 11.7. The molecule has 0 bridgehead atoms. The quantitative estimate of drug-likeness (QED) is 0.350. The van der Waals surface area contributed by atoms with Crippen LogP contribution in [0.1, 0.15) is 48.6 Å². The van der Waals surface area contributed by atoms with Crippen LogP contribution in [0.2, 0.25) is 10.0 Å². The van der Waals surface area contributed by atoms with Gasteiger partial charge in [-0.2, -0.15) is 0 Å². The third-order valence-corrected chi connectivity index (χ3v) is 6.95. The Kier molecular flexibility index (Phi) is 8.99. The molecular weight excluding hydrogens is 493 g/mol. The average molecular weight is 520 g/mol. The number of carbonyl (C=O) groups is 2. The van der Waals surface area contributed by atoms with E-state index in [2.05, 4.69) is 20.8 Å². The van der Waals surface area contributed by atoms with Crippen molar-refractivity contribution in [1.82, 2.24) is 20.1 Å². The maximum atomic E-state index is 12.8. The topological polar surface area (TPSA) is 88.9 Å². The fraction of sp³-hybridized carbons (Fsp3) is 0.333. The maximum Gasteiger partial charge on any atom is 0.251 e. The number of halogens is 2. The highest BCUT2D eigenvalue weighted by Crippen LogP contribution is 2.30. The molecule has 0 saturated carbocycles. The SMILES string of the molecule is CCn1c(SCC(=O)Nc2cccc(Cl)c2Cl)nnc1[C@@H](NC(=O)c1ccc(C)cc1)C(C)C. The molecule has 0 aliphatic carbocycles. The molecule has 0 fully saturated rings. The molecule has 0 unspecified atom stereocenters. The molecule has 10 heteroatoms. The molecule has 1 aromatic heterocycles. The number of aryl methyl sites for hydroxylation is 1. The summed E-state index contributed by atoms with van der Waals surface area (Å²) in [7, 11) is 0. The van der Waals surface area contributed by atoms with Gasteiger partial charge in [-0.05, 0) is 44.0 Å². The predicted molar refractivity (Wildman–Crippen MR) is 138 cm³/mol. The fourth-order valence-corrected chi connectivity index (χ4v) is 4.47. The van der Waals surface area contributed by atoms with E-state index in [0.29, 0.717) is 38.8 Å². The molecule has 0 radical (unpaired) electrons. The minimum atomic E-state index is -0.338. The van der Waals surface area contributed by atoms with Gasteiger partial charge in [0.1, 0.15) is 0 Å². The summed E-state index contributed by atoms with van der Waals surface area (Å²) in [5, 5.41) is 15.8. The van der Waals surface area contributed by atoms with Crippen LogP contribution in [-0.2, 0) is 11.3 Å². The summed E-state index contributed by atoms with van der Waals surface area (Å²) in [6.07, 6.45) is 0. The lowest BCUT2D eigenvalue weighted by atomic mass is 10.0. The van der Waals surface area contributed by atoms with Crippen molar-refractivity contribution in [3.8, 4) is 0 Å². The third kappa shape index (κ3) is 6.31. The number of aromatic nitrogens is 3. The second-order valence-corrected chi connectivity index (χ2v) is 9.81. The zero-order valence-electron chi connectivity index (χ0n) is 19.4. The second-order valence-electron chi connectivity index (χ2n) is 8.08. The maximum absolute atomic E-state index is 12.8. The van der Waals surface area contributed by atoms with Gasteiger partial charge in [-0.25, -0.2) is 0 Å². The summed E-state index contributed by atoms with van der Waals surface area (Å²) in [6.45, 7) is 8.58. The molecule has 2 amide bonds. The summed E-state index contributed by atoms with van der Waals surface area (Å²) in [4.78, 5) is 25.3. The van der Waals surface area contributed by atoms with Crippen LogP contribution in [0.15, 0.2) is 47.6 Å². The number of anilines is 1. The monoisotopic (exact) mass is 519 g/mol. The molecule has 0 spiro atoms. The zero-order valence-corrected chi connectivity index (χ0v) is 21.8. The Balaban J connectivity index is 1.72. The van der Waals surface area contributed by atoms with Crippen molar-refractivity contribution in [3.05, 3.63) is 69.5 Å². The Labute approximate surface area is 213 Å². The van der Waals surface area contributed by atoms with Gasteiger partial charge >= 0.3 is 0 Å². The van der Waals surface area contributed by atoms with Crippen LogP contribution in [0.5, 0.6) is 0 Å². The number of hydrogen-bond donors (Lipinski definition) is 2. The van der Waals surface area contributed by atoms with Gasteiger partial charge in [0.25, 0.3) is 5.91 Å². The van der Waals surface area contributed by atoms with Crippen LogP contribution >= 0.6 is 35.0 Å². The van der Waals surface area contributed by atoms with Gasteiger partial charge in [-0.15, -0.1) is 10.2 Å². The van der Waals surface area contributed by atoms with Crippen molar-refractivity contribution in [1.29, 1.82) is 0 Å². The molecule has 3 aromatic rings. The molecule has 0 saturated heterocycles. The van der Waals surface area contributed by atoms with Crippen LogP contribution in [-0.4, -0.2) is 32.3 Å². The molecule has 34 heavy (non-hydrogen) atoms. The van der Waals surface area contributed by atoms with Gasteiger partial charge in [0.2, 0.25) is 5.91 Å². The number of nitrogens with zero attached hydrogens (tertiary/aromatic N) is 3. The zero-order chi connectivity index (χ0) is 24.8. The Morgan fingerprint density at radius 2 is 1.79 bits per heavy atom. The van der Waals surface area contributed by atoms with E-state index in [9.17, 15) is 9.59 Å². The summed E-state index contributed by atoms with van der Waals surface area (Å²) < 4.78 is 1.92. The number of thioether (sulfide) groups is 1. The number of nitrogens with one attached hydrogen (secondary N) is 2. The van der Waals surface area contributed by atoms with Gasteiger partial charge in [0.05, 0.1) is 27.5 Å². The van der Waals surface area contributed by atoms with Crippen LogP contribution in [0.3, 0.4) is 0 Å². The molecule has 2 aromatic carbocycles. The largest absolute Gasteiger partial charge is 0.342 e. The van der Waals surface area contributed by atoms with E-state index < -0.39 is 0 Å². The summed E-state index contributed by atoms with van der Waals surface area (Å²) in [5.74, 6) is 0.433. The van der Waals surface area contributed by atoms with Crippen LogP contribution in [0.25, 0.3) is 0 Å². The normalized spacial score (nSPS) is 12.0. The molecule has 3 rings (SSSR count). The smallest absolute Gasteiger partial charge is 0.251 e. The standard InChI is InChI=1S/C24H27Cl2N5O2S/c1-5-31-22(21(14(2)3)28-23(33)16-11-9-15(4)10-12-16)29-30-24(31)34-13-19(32)27-18-8-6-7-17(25)20(18)26/h6-12,14,21H,5,13H2,1-4H3,(H,27,32)(H,28,33)/t21-/m0/s1. The number of rotatable bonds is 9. The highest BCUT2D eigenvalue weighted by molar-refractivity contribution is 7.99. The molecule has 0 aliphatic heterocycles. The van der Waals surface area contributed by atoms with Gasteiger partial charge in [0.15, 0.2) is 11.0 Å². The molecule has 0 aliphatic rings. The van der Waals surface area contributed by atoms with E-state index in [0.717, 1.165) is 5.56 Å². The summed E-state index contributed by atoms with van der Waals surface area (Å²) in [5.41, 5.74) is 2.13. The first-order valence-corrected chi connectivity index (χ1v) is 12.6. The van der Waals surface area contributed by atoms with Crippen molar-refractivity contribution in [2.24, 2.45) is 5.92 Å². The number of carbonyl (C=O) groups excluding carboxylic acids is 2. The predicted octanol–water partition coefficient (Wildman–Crippen LogP) is 5.77. The van der Waals surface area contributed by atoms with Crippen molar-refractivity contribution in [2.45, 2.75) is 45.4 Å². The minimum Gasteiger partial charge on any atom is -0.342 e. The van der Waals surface area contributed by atoms with Crippen LogP contribution in [0, 0.1) is 12.8 Å². The molecule has 1 heterocycles. The number of benzene rings is 2. The number of amides is 2. The Morgan fingerprint density at radius 3 is 2.44 bits per heavy atom. The first-order valence-electron chi connectivity index (χ1n) is 10.9. The van der Waals surface area contributed by atoms with E-state index in [-0.39, 0.29) is 29.5 Å². The average Bonchev–Trinajstić information content (AvgIpc) is 3.21. The lowest BCUT2D eigenvalue weighted by Gasteiger charge is -2.22. The Hall–Kier alpha value is -2.55. The highest BCUT2D eigenvalue weighted by Gasteiger charge is 2.26. The minimum absolute atomic E-state index is 0.0787. The molecule has 180 valence electrons. The van der Waals surface area contributed by atoms with E-state index in [1.807, 2.05) is 44.4 Å². The van der Waals surface area contributed by atoms with Crippen LogP contribution in [0.4, 0.5) is 5.69 Å². The van der Waals surface area contributed by atoms with Gasteiger partial charge in [-0.1, -0.05) is 72.6 Å². The van der Waals surface area contributed by atoms with Gasteiger partial charge < -0.3 is 15.2 Å². The molecule has 7 nitrogen and oxygen atoms in total. The molecular formula is C24H27Cl2N5O2S. The lowest BCUT2D eigenvalue weighted by Crippen LogP contribution is -2.33. The van der Waals surface area contributed by atoms with Crippen molar-refractivity contribution < 1.29 is 9.59 Å². The third-order valence-electron chi connectivity index (χ3n) is 5.16. The number of hydrogen-bond acceptors (Lipinski definition) is 5. The lowest BCUT2D eigenvalue weighted by molar-refractivity contribution is -0.113.